The van der Waals surface area contributed by atoms with Gasteiger partial charge in [-0.1, -0.05) is 36.4 Å². The summed E-state index contributed by atoms with van der Waals surface area (Å²) in [6.45, 7) is 3.82. The molecule has 31 heavy (non-hydrogen) atoms. The Kier molecular flexibility index (Phi) is 8.10. The number of likely N-dealkylation sites (tertiary alicyclic amines) is 1. The van der Waals surface area contributed by atoms with Gasteiger partial charge in [0.15, 0.2) is 11.5 Å². The van der Waals surface area contributed by atoms with Crippen LogP contribution in [0.3, 0.4) is 0 Å². The molecule has 1 unspecified atom stereocenters. The lowest BCUT2D eigenvalue weighted by Crippen LogP contribution is -2.40. The Morgan fingerprint density at radius 2 is 1.77 bits per heavy atom. The van der Waals surface area contributed by atoms with Gasteiger partial charge in [0.25, 0.3) is 5.91 Å². The summed E-state index contributed by atoms with van der Waals surface area (Å²) in [5.41, 5.74) is 1.43. The van der Waals surface area contributed by atoms with Crippen molar-refractivity contribution in [3.63, 3.8) is 0 Å². The molecule has 0 aliphatic carbocycles. The number of carbonyl (C=O) groups is 2. The van der Waals surface area contributed by atoms with Crippen LogP contribution in [0.2, 0.25) is 0 Å². The van der Waals surface area contributed by atoms with E-state index in [4.69, 9.17) is 14.2 Å². The summed E-state index contributed by atoms with van der Waals surface area (Å²) >= 11 is 0. The highest BCUT2D eigenvalue weighted by atomic mass is 16.5. The molecule has 0 aromatic heterocycles. The van der Waals surface area contributed by atoms with Gasteiger partial charge in [0, 0.05) is 24.7 Å². The van der Waals surface area contributed by atoms with E-state index in [2.05, 4.69) is 0 Å². The zero-order valence-corrected chi connectivity index (χ0v) is 18.1. The zero-order valence-electron chi connectivity index (χ0n) is 18.1. The molecule has 2 aromatic carbocycles. The predicted molar refractivity (Wildman–Crippen MR) is 119 cm³/mol. The number of methoxy groups -OCH3 is 1. The summed E-state index contributed by atoms with van der Waals surface area (Å²) < 4.78 is 16.5. The summed E-state index contributed by atoms with van der Waals surface area (Å²) in [4.78, 5) is 27.4. The van der Waals surface area contributed by atoms with Crippen molar-refractivity contribution in [1.82, 2.24) is 4.90 Å². The van der Waals surface area contributed by atoms with Gasteiger partial charge in [0.05, 0.1) is 13.7 Å². The zero-order chi connectivity index (χ0) is 22.1. The van der Waals surface area contributed by atoms with Crippen molar-refractivity contribution < 1.29 is 23.8 Å². The average molecular weight is 424 g/mol. The summed E-state index contributed by atoms with van der Waals surface area (Å²) in [6.07, 6.45) is 5.07. The van der Waals surface area contributed by atoms with Crippen molar-refractivity contribution in [3.8, 4) is 11.5 Å². The van der Waals surface area contributed by atoms with Crippen molar-refractivity contribution in [2.24, 2.45) is 0 Å². The van der Waals surface area contributed by atoms with Crippen molar-refractivity contribution in [2.45, 2.75) is 32.3 Å². The molecule has 1 atom stereocenters. The van der Waals surface area contributed by atoms with Crippen LogP contribution >= 0.6 is 0 Å². The highest BCUT2D eigenvalue weighted by Crippen LogP contribution is 2.29. The second-order valence-electron chi connectivity index (χ2n) is 7.29. The molecule has 0 spiro atoms. The van der Waals surface area contributed by atoms with Crippen LogP contribution in [-0.2, 0) is 14.3 Å². The van der Waals surface area contributed by atoms with Crippen molar-refractivity contribution >= 4 is 18.0 Å². The van der Waals surface area contributed by atoms with Gasteiger partial charge < -0.3 is 19.1 Å². The standard InChI is InChI=1S/C25H29NO5/c1-3-30-21-14-12-19(18-22(21)29-2)13-15-23(27)31-24(20-10-6-4-7-11-20)25(28)26-16-8-5-9-17-26/h4,6-7,10-15,18,24H,3,5,8-9,16-17H2,1-2H3/b15-13+. The minimum atomic E-state index is -0.952. The Bertz CT molecular complexity index is 903. The minimum Gasteiger partial charge on any atom is -0.493 e. The van der Waals surface area contributed by atoms with E-state index in [1.54, 1.807) is 42.4 Å². The third kappa shape index (κ3) is 6.10. The van der Waals surface area contributed by atoms with Gasteiger partial charge in [-0.2, -0.15) is 0 Å². The van der Waals surface area contributed by atoms with Crippen LogP contribution in [0.1, 0.15) is 43.4 Å². The van der Waals surface area contributed by atoms with E-state index in [0.29, 0.717) is 36.8 Å². The van der Waals surface area contributed by atoms with Crippen molar-refractivity contribution in [3.05, 3.63) is 65.7 Å². The lowest BCUT2D eigenvalue weighted by Gasteiger charge is -2.30. The van der Waals surface area contributed by atoms with Crippen molar-refractivity contribution in [1.29, 1.82) is 0 Å². The molecule has 0 radical (unpaired) electrons. The van der Waals surface area contributed by atoms with Crippen molar-refractivity contribution in [2.75, 3.05) is 26.8 Å². The van der Waals surface area contributed by atoms with Gasteiger partial charge in [-0.3, -0.25) is 4.79 Å². The summed E-state index contributed by atoms with van der Waals surface area (Å²) in [7, 11) is 1.57. The summed E-state index contributed by atoms with van der Waals surface area (Å²) in [5.74, 6) is 0.475. The molecule has 1 aliphatic rings. The quantitative estimate of drug-likeness (QED) is 0.465. The molecule has 0 N–H and O–H groups in total. The number of rotatable bonds is 8. The summed E-state index contributed by atoms with van der Waals surface area (Å²) in [6, 6.07) is 14.5. The fourth-order valence-electron chi connectivity index (χ4n) is 3.55. The molecule has 1 heterocycles. The third-order valence-corrected chi connectivity index (χ3v) is 5.13. The summed E-state index contributed by atoms with van der Waals surface area (Å²) in [5, 5.41) is 0. The Morgan fingerprint density at radius 3 is 2.45 bits per heavy atom. The number of hydrogen-bond donors (Lipinski definition) is 0. The number of ether oxygens (including phenoxy) is 3. The first-order valence-corrected chi connectivity index (χ1v) is 10.7. The first-order valence-electron chi connectivity index (χ1n) is 10.7. The number of benzene rings is 2. The topological polar surface area (TPSA) is 65.1 Å². The van der Waals surface area contributed by atoms with Gasteiger partial charge in [0.1, 0.15) is 0 Å². The molecule has 6 heteroatoms. The molecule has 2 aromatic rings. The Balaban J connectivity index is 1.73. The monoisotopic (exact) mass is 423 g/mol. The highest BCUT2D eigenvalue weighted by molar-refractivity contribution is 5.91. The second-order valence-corrected chi connectivity index (χ2v) is 7.29. The van der Waals surface area contributed by atoms with Crippen LogP contribution in [0.4, 0.5) is 0 Å². The Labute approximate surface area is 183 Å². The SMILES string of the molecule is CCOc1ccc(/C=C/C(=O)OC(C(=O)N2CCCCC2)c2ccccc2)cc1OC. The largest absolute Gasteiger partial charge is 0.493 e. The first kappa shape index (κ1) is 22.4. The van der Waals surface area contributed by atoms with Gasteiger partial charge in [-0.25, -0.2) is 4.79 Å². The molecule has 1 amide bonds. The van der Waals surface area contributed by atoms with E-state index in [1.165, 1.54) is 6.08 Å². The molecule has 1 saturated heterocycles. The fraction of sp³-hybridized carbons (Fsp3) is 0.360. The maximum Gasteiger partial charge on any atom is 0.331 e. The van der Waals surface area contributed by atoms with Gasteiger partial charge in [-0.15, -0.1) is 0 Å². The van der Waals surface area contributed by atoms with Crippen LogP contribution in [-0.4, -0.2) is 43.6 Å². The normalized spacial score (nSPS) is 14.8. The van der Waals surface area contributed by atoms with E-state index in [-0.39, 0.29) is 5.91 Å². The fourth-order valence-corrected chi connectivity index (χ4v) is 3.55. The van der Waals surface area contributed by atoms with Gasteiger partial charge in [0.2, 0.25) is 6.10 Å². The minimum absolute atomic E-state index is 0.171. The van der Waals surface area contributed by atoms with Gasteiger partial charge in [-0.05, 0) is 50.0 Å². The molecular formula is C25H29NO5. The molecule has 1 aliphatic heterocycles. The van der Waals surface area contributed by atoms with E-state index in [9.17, 15) is 9.59 Å². The maximum absolute atomic E-state index is 13.1. The van der Waals surface area contributed by atoms with Crippen LogP contribution in [0.5, 0.6) is 11.5 Å². The number of piperidine rings is 1. The highest BCUT2D eigenvalue weighted by Gasteiger charge is 2.29. The number of carbonyl (C=O) groups excluding carboxylic acids is 2. The molecule has 6 nitrogen and oxygen atoms in total. The molecule has 1 fully saturated rings. The molecule has 3 rings (SSSR count). The third-order valence-electron chi connectivity index (χ3n) is 5.13. The lowest BCUT2D eigenvalue weighted by atomic mass is 10.1. The number of hydrogen-bond acceptors (Lipinski definition) is 5. The molecule has 0 saturated carbocycles. The average Bonchev–Trinajstić information content (AvgIpc) is 2.82. The second kappa shape index (κ2) is 11.2. The van der Waals surface area contributed by atoms with E-state index in [0.717, 1.165) is 24.8 Å². The maximum atomic E-state index is 13.1. The first-order chi connectivity index (χ1) is 15.1. The van der Waals surface area contributed by atoms with E-state index in [1.807, 2.05) is 31.2 Å². The lowest BCUT2D eigenvalue weighted by molar-refractivity contribution is -0.157. The Hall–Kier alpha value is -3.28. The number of nitrogens with zero attached hydrogens (tertiary/aromatic N) is 1. The van der Waals surface area contributed by atoms with Crippen LogP contribution in [0.25, 0.3) is 6.08 Å². The molecule has 0 bridgehead atoms. The Morgan fingerprint density at radius 1 is 1.03 bits per heavy atom. The number of esters is 1. The molecular weight excluding hydrogens is 394 g/mol. The van der Waals surface area contributed by atoms with Gasteiger partial charge >= 0.3 is 5.97 Å². The smallest absolute Gasteiger partial charge is 0.331 e. The van der Waals surface area contributed by atoms with Crippen LogP contribution in [0.15, 0.2) is 54.6 Å². The van der Waals surface area contributed by atoms with E-state index >= 15 is 0 Å². The van der Waals surface area contributed by atoms with Crippen LogP contribution in [0, 0.1) is 0 Å². The predicted octanol–water partition coefficient (Wildman–Crippen LogP) is 4.40. The van der Waals surface area contributed by atoms with E-state index < -0.39 is 12.1 Å². The number of amides is 1. The molecule has 164 valence electrons. The van der Waals surface area contributed by atoms with Crippen LogP contribution < -0.4 is 9.47 Å².